The third-order valence-electron chi connectivity index (χ3n) is 5.49. The molecule has 164 valence electrons. The van der Waals surface area contributed by atoms with Gasteiger partial charge in [-0.05, 0) is 23.5 Å². The van der Waals surface area contributed by atoms with Crippen LogP contribution in [0.1, 0.15) is 43.7 Å². The molecule has 6 nitrogen and oxygen atoms in total. The highest BCUT2D eigenvalue weighted by Gasteiger charge is 2.32. The van der Waals surface area contributed by atoms with E-state index in [4.69, 9.17) is 0 Å². The largest absolute Gasteiger partial charge is 0.350 e. The zero-order chi connectivity index (χ0) is 22.2. The Balaban J connectivity index is 1.55. The molecule has 0 bridgehead atoms. The molecule has 0 spiro atoms. The van der Waals surface area contributed by atoms with Crippen LogP contribution in [0, 0.1) is 5.92 Å². The molecule has 0 aliphatic carbocycles. The molecule has 2 N–H and O–H groups in total. The van der Waals surface area contributed by atoms with Gasteiger partial charge in [0, 0.05) is 25.4 Å². The predicted octanol–water partition coefficient (Wildman–Crippen LogP) is 2.85. The van der Waals surface area contributed by atoms with E-state index in [1.165, 1.54) is 0 Å². The van der Waals surface area contributed by atoms with Gasteiger partial charge in [-0.15, -0.1) is 0 Å². The van der Waals surface area contributed by atoms with E-state index in [1.54, 1.807) is 4.90 Å². The van der Waals surface area contributed by atoms with Crippen LogP contribution in [0.4, 0.5) is 0 Å². The molecule has 1 aliphatic heterocycles. The first-order valence-corrected chi connectivity index (χ1v) is 10.9. The second-order valence-corrected chi connectivity index (χ2v) is 8.54. The maximum Gasteiger partial charge on any atom is 0.242 e. The summed E-state index contributed by atoms with van der Waals surface area (Å²) in [6.45, 7) is 4.93. The molecule has 0 aromatic heterocycles. The van der Waals surface area contributed by atoms with Crippen molar-refractivity contribution in [2.45, 2.75) is 45.2 Å². The maximum absolute atomic E-state index is 12.7. The molecular formula is C25H31N3O3. The number of nitrogens with one attached hydrogen (secondary N) is 2. The van der Waals surface area contributed by atoms with Crippen molar-refractivity contribution in [2.75, 3.05) is 13.1 Å². The molecule has 0 radical (unpaired) electrons. The lowest BCUT2D eigenvalue weighted by Crippen LogP contribution is -2.50. The van der Waals surface area contributed by atoms with E-state index in [-0.39, 0.29) is 36.1 Å². The first-order valence-electron chi connectivity index (χ1n) is 10.9. The number of nitrogens with zero attached hydrogens (tertiary/aromatic N) is 1. The fraction of sp³-hybridized carbons (Fsp3) is 0.400. The number of likely N-dealkylation sites (tertiary alicyclic amines) is 1. The highest BCUT2D eigenvalue weighted by molar-refractivity contribution is 5.90. The third-order valence-corrected chi connectivity index (χ3v) is 5.49. The molecular weight excluding hydrogens is 390 g/mol. The minimum atomic E-state index is -0.626. The molecule has 0 saturated carbocycles. The van der Waals surface area contributed by atoms with Gasteiger partial charge >= 0.3 is 0 Å². The number of carbonyl (C=O) groups is 3. The minimum absolute atomic E-state index is 0.0251. The molecule has 1 fully saturated rings. The van der Waals surface area contributed by atoms with Gasteiger partial charge in [0.1, 0.15) is 6.04 Å². The SMILES string of the molecule is CC(C)C[C@H](NC(=O)CN1C[C@@H](c2ccccc2)CC1=O)C(=O)NCc1ccccc1. The zero-order valence-corrected chi connectivity index (χ0v) is 18.2. The van der Waals surface area contributed by atoms with Crippen LogP contribution >= 0.6 is 0 Å². The maximum atomic E-state index is 12.7. The second-order valence-electron chi connectivity index (χ2n) is 8.54. The van der Waals surface area contributed by atoms with Gasteiger partial charge in [-0.3, -0.25) is 14.4 Å². The lowest BCUT2D eigenvalue weighted by molar-refractivity contribution is -0.134. The van der Waals surface area contributed by atoms with Gasteiger partial charge < -0.3 is 15.5 Å². The van der Waals surface area contributed by atoms with Gasteiger partial charge in [-0.1, -0.05) is 74.5 Å². The monoisotopic (exact) mass is 421 g/mol. The van der Waals surface area contributed by atoms with E-state index in [0.717, 1.165) is 11.1 Å². The second kappa shape index (κ2) is 10.8. The number of benzene rings is 2. The van der Waals surface area contributed by atoms with Crippen molar-refractivity contribution in [3.63, 3.8) is 0 Å². The fourth-order valence-corrected chi connectivity index (χ4v) is 3.90. The Hall–Kier alpha value is -3.15. The van der Waals surface area contributed by atoms with E-state index in [2.05, 4.69) is 10.6 Å². The summed E-state index contributed by atoms with van der Waals surface area (Å²) < 4.78 is 0. The van der Waals surface area contributed by atoms with Crippen molar-refractivity contribution in [3.05, 3.63) is 71.8 Å². The molecule has 31 heavy (non-hydrogen) atoms. The fourth-order valence-electron chi connectivity index (χ4n) is 3.90. The number of rotatable bonds is 9. The normalized spacial score (nSPS) is 16.9. The smallest absolute Gasteiger partial charge is 0.242 e. The lowest BCUT2D eigenvalue weighted by Gasteiger charge is -2.22. The average molecular weight is 422 g/mol. The van der Waals surface area contributed by atoms with Gasteiger partial charge in [0.25, 0.3) is 0 Å². The van der Waals surface area contributed by atoms with E-state index >= 15 is 0 Å². The van der Waals surface area contributed by atoms with Crippen molar-refractivity contribution < 1.29 is 14.4 Å². The summed E-state index contributed by atoms with van der Waals surface area (Å²) in [6.07, 6.45) is 0.942. The van der Waals surface area contributed by atoms with Crippen molar-refractivity contribution in [1.82, 2.24) is 15.5 Å². The van der Waals surface area contributed by atoms with Crippen LogP contribution in [-0.2, 0) is 20.9 Å². The van der Waals surface area contributed by atoms with Gasteiger partial charge in [0.05, 0.1) is 6.54 Å². The van der Waals surface area contributed by atoms with Gasteiger partial charge in [0.2, 0.25) is 17.7 Å². The van der Waals surface area contributed by atoms with Crippen LogP contribution in [0.5, 0.6) is 0 Å². The van der Waals surface area contributed by atoms with Crippen molar-refractivity contribution in [2.24, 2.45) is 5.92 Å². The van der Waals surface area contributed by atoms with Crippen molar-refractivity contribution >= 4 is 17.7 Å². The first-order chi connectivity index (χ1) is 14.9. The minimum Gasteiger partial charge on any atom is -0.350 e. The van der Waals surface area contributed by atoms with Crippen molar-refractivity contribution in [3.8, 4) is 0 Å². The number of amides is 3. The van der Waals surface area contributed by atoms with Gasteiger partial charge in [-0.2, -0.15) is 0 Å². The summed E-state index contributed by atoms with van der Waals surface area (Å²) in [6, 6.07) is 18.9. The molecule has 1 heterocycles. The third kappa shape index (κ3) is 6.67. The molecule has 0 unspecified atom stereocenters. The Morgan fingerprint density at radius 3 is 2.32 bits per heavy atom. The van der Waals surface area contributed by atoms with Crippen LogP contribution < -0.4 is 10.6 Å². The summed E-state index contributed by atoms with van der Waals surface area (Å²) >= 11 is 0. The Kier molecular flexibility index (Phi) is 7.82. The van der Waals surface area contributed by atoms with Crippen LogP contribution in [0.15, 0.2) is 60.7 Å². The summed E-state index contributed by atoms with van der Waals surface area (Å²) in [5.74, 6) is -0.202. The Bertz CT molecular complexity index is 883. The predicted molar refractivity (Wildman–Crippen MR) is 120 cm³/mol. The van der Waals surface area contributed by atoms with Crippen LogP contribution in [-0.4, -0.2) is 41.8 Å². The van der Waals surface area contributed by atoms with Crippen LogP contribution in [0.3, 0.4) is 0 Å². The molecule has 2 aromatic carbocycles. The molecule has 3 rings (SSSR count). The molecule has 2 atom stereocenters. The highest BCUT2D eigenvalue weighted by Crippen LogP contribution is 2.27. The van der Waals surface area contributed by atoms with E-state index in [1.807, 2.05) is 74.5 Å². The molecule has 2 aromatic rings. The average Bonchev–Trinajstić information content (AvgIpc) is 3.12. The summed E-state index contributed by atoms with van der Waals surface area (Å²) in [5.41, 5.74) is 2.11. The summed E-state index contributed by atoms with van der Waals surface area (Å²) in [4.78, 5) is 39.4. The molecule has 1 saturated heterocycles. The summed E-state index contributed by atoms with van der Waals surface area (Å²) in [5, 5.41) is 5.75. The first kappa shape index (κ1) is 22.5. The quantitative estimate of drug-likeness (QED) is 0.654. The van der Waals surface area contributed by atoms with Crippen LogP contribution in [0.25, 0.3) is 0 Å². The zero-order valence-electron chi connectivity index (χ0n) is 18.2. The Morgan fingerprint density at radius 1 is 1.03 bits per heavy atom. The number of hydrogen-bond donors (Lipinski definition) is 2. The standard InChI is InChI=1S/C25H31N3O3/c1-18(2)13-22(25(31)26-15-19-9-5-3-6-10-19)27-23(29)17-28-16-21(14-24(28)30)20-11-7-4-8-12-20/h3-12,18,21-22H,13-17H2,1-2H3,(H,26,31)(H,27,29)/t21-,22-/m0/s1. The lowest BCUT2D eigenvalue weighted by atomic mass is 9.99. The number of hydrogen-bond acceptors (Lipinski definition) is 3. The van der Waals surface area contributed by atoms with Gasteiger partial charge in [0.15, 0.2) is 0 Å². The van der Waals surface area contributed by atoms with Gasteiger partial charge in [-0.25, -0.2) is 0 Å². The van der Waals surface area contributed by atoms with E-state index in [9.17, 15) is 14.4 Å². The molecule has 1 aliphatic rings. The summed E-state index contributed by atoms with van der Waals surface area (Å²) in [7, 11) is 0. The van der Waals surface area contributed by atoms with Crippen molar-refractivity contribution in [1.29, 1.82) is 0 Å². The number of carbonyl (C=O) groups excluding carboxylic acids is 3. The Morgan fingerprint density at radius 2 is 1.68 bits per heavy atom. The highest BCUT2D eigenvalue weighted by atomic mass is 16.2. The molecule has 3 amide bonds. The van der Waals surface area contributed by atoms with E-state index < -0.39 is 6.04 Å². The Labute approximate surface area is 184 Å². The molecule has 6 heteroatoms. The van der Waals surface area contributed by atoms with E-state index in [0.29, 0.717) is 25.9 Å². The topological polar surface area (TPSA) is 78.5 Å². The van der Waals surface area contributed by atoms with Crippen LogP contribution in [0.2, 0.25) is 0 Å².